The fraction of sp³-hybridized carbons (Fsp3) is 0.308. The van der Waals surface area contributed by atoms with Gasteiger partial charge in [-0.1, -0.05) is 41.4 Å². The van der Waals surface area contributed by atoms with Gasteiger partial charge in [0.1, 0.15) is 6.07 Å². The molecule has 1 heterocycles. The Kier molecular flexibility index (Phi) is 3.46. The van der Waals surface area contributed by atoms with Gasteiger partial charge >= 0.3 is 0 Å². The van der Waals surface area contributed by atoms with E-state index < -0.39 is 0 Å². The molecule has 0 saturated heterocycles. The molecule has 0 atom stereocenters. The summed E-state index contributed by atoms with van der Waals surface area (Å²) in [5.74, 6) is 0.828. The van der Waals surface area contributed by atoms with E-state index in [1.807, 2.05) is 6.07 Å². The third-order valence-corrected chi connectivity index (χ3v) is 3.26. The Balaban J connectivity index is 2.75. The van der Waals surface area contributed by atoms with Gasteiger partial charge in [0.25, 0.3) is 0 Å². The third kappa shape index (κ3) is 2.34. The van der Waals surface area contributed by atoms with E-state index in [9.17, 15) is 0 Å². The second-order valence-corrected chi connectivity index (χ2v) is 5.71. The molecule has 2 rings (SSSR count). The Labute approximate surface area is 113 Å². The lowest BCUT2D eigenvalue weighted by Gasteiger charge is -2.03. The van der Waals surface area contributed by atoms with Crippen LogP contribution >= 0.6 is 27.5 Å². The predicted octanol–water partition coefficient (Wildman–Crippen LogP) is 4.92. The van der Waals surface area contributed by atoms with Crippen LogP contribution in [0.15, 0.2) is 21.0 Å². The average Bonchev–Trinajstić information content (AvgIpc) is 2.56. The number of furan rings is 1. The highest BCUT2D eigenvalue weighted by atomic mass is 79.9. The van der Waals surface area contributed by atoms with Crippen LogP contribution in [-0.2, 0) is 6.42 Å². The SMILES string of the molecule is CC(C)Cc1c(C#N)oc2c(Cl)cc(Br)cc12. The van der Waals surface area contributed by atoms with Crippen molar-refractivity contribution in [2.45, 2.75) is 20.3 Å². The minimum absolute atomic E-state index is 0.369. The molecule has 0 bridgehead atoms. The highest BCUT2D eigenvalue weighted by molar-refractivity contribution is 9.10. The van der Waals surface area contributed by atoms with Crippen LogP contribution in [0.4, 0.5) is 0 Å². The number of benzene rings is 1. The van der Waals surface area contributed by atoms with Crippen LogP contribution in [0.25, 0.3) is 11.0 Å². The number of rotatable bonds is 2. The smallest absolute Gasteiger partial charge is 0.208 e. The van der Waals surface area contributed by atoms with E-state index in [0.717, 1.165) is 21.8 Å². The normalized spacial score (nSPS) is 11.1. The van der Waals surface area contributed by atoms with Crippen molar-refractivity contribution >= 4 is 38.5 Å². The van der Waals surface area contributed by atoms with Crippen LogP contribution in [0.1, 0.15) is 25.2 Å². The lowest BCUT2D eigenvalue weighted by atomic mass is 10.0. The van der Waals surface area contributed by atoms with Gasteiger partial charge in [-0.05, 0) is 24.5 Å². The van der Waals surface area contributed by atoms with Crippen LogP contribution in [0.3, 0.4) is 0 Å². The molecule has 88 valence electrons. The van der Waals surface area contributed by atoms with E-state index in [4.69, 9.17) is 21.3 Å². The van der Waals surface area contributed by atoms with Crippen molar-refractivity contribution in [3.05, 3.63) is 33.0 Å². The first kappa shape index (κ1) is 12.5. The maximum Gasteiger partial charge on any atom is 0.208 e. The summed E-state index contributed by atoms with van der Waals surface area (Å²) >= 11 is 9.51. The van der Waals surface area contributed by atoms with Gasteiger partial charge in [-0.15, -0.1) is 0 Å². The van der Waals surface area contributed by atoms with E-state index in [-0.39, 0.29) is 0 Å². The summed E-state index contributed by atoms with van der Waals surface area (Å²) in [6.45, 7) is 4.22. The van der Waals surface area contributed by atoms with Gasteiger partial charge in [-0.2, -0.15) is 5.26 Å². The molecule has 2 nitrogen and oxygen atoms in total. The second kappa shape index (κ2) is 4.72. The van der Waals surface area contributed by atoms with E-state index in [1.165, 1.54) is 0 Å². The first-order valence-electron chi connectivity index (χ1n) is 5.33. The average molecular weight is 313 g/mol. The van der Waals surface area contributed by atoms with Gasteiger partial charge in [-0.25, -0.2) is 0 Å². The summed E-state index contributed by atoms with van der Waals surface area (Å²) in [5.41, 5.74) is 1.54. The number of fused-ring (bicyclic) bond motifs is 1. The molecule has 0 fully saturated rings. The summed E-state index contributed by atoms with van der Waals surface area (Å²) in [5, 5.41) is 10.5. The Morgan fingerprint density at radius 2 is 2.18 bits per heavy atom. The van der Waals surface area contributed by atoms with E-state index in [2.05, 4.69) is 35.8 Å². The van der Waals surface area contributed by atoms with Crippen LogP contribution < -0.4 is 0 Å². The highest BCUT2D eigenvalue weighted by Crippen LogP contribution is 2.35. The Morgan fingerprint density at radius 1 is 1.47 bits per heavy atom. The minimum atomic E-state index is 0.369. The lowest BCUT2D eigenvalue weighted by Crippen LogP contribution is -1.94. The summed E-state index contributed by atoms with van der Waals surface area (Å²) in [4.78, 5) is 0. The Morgan fingerprint density at radius 3 is 2.76 bits per heavy atom. The first-order valence-corrected chi connectivity index (χ1v) is 6.50. The number of nitriles is 1. The van der Waals surface area contributed by atoms with Crippen molar-refractivity contribution in [3.8, 4) is 6.07 Å². The molecule has 0 amide bonds. The highest BCUT2D eigenvalue weighted by Gasteiger charge is 2.17. The van der Waals surface area contributed by atoms with Crippen LogP contribution in [0.5, 0.6) is 0 Å². The predicted molar refractivity (Wildman–Crippen MR) is 72.2 cm³/mol. The molecule has 0 aliphatic rings. The number of hydrogen-bond donors (Lipinski definition) is 0. The van der Waals surface area contributed by atoms with Gasteiger partial charge in [0.2, 0.25) is 5.76 Å². The van der Waals surface area contributed by atoms with Crippen molar-refractivity contribution in [3.63, 3.8) is 0 Å². The summed E-state index contributed by atoms with van der Waals surface area (Å²) in [6.07, 6.45) is 0.808. The van der Waals surface area contributed by atoms with Gasteiger partial charge in [0, 0.05) is 15.4 Å². The molecule has 0 spiro atoms. The van der Waals surface area contributed by atoms with Crippen molar-refractivity contribution < 1.29 is 4.42 Å². The Hall–Kier alpha value is -0.980. The summed E-state index contributed by atoms with van der Waals surface area (Å²) in [6, 6.07) is 5.82. The topological polar surface area (TPSA) is 36.9 Å². The Bertz CT molecular complexity index is 610. The third-order valence-electron chi connectivity index (χ3n) is 2.53. The molecule has 0 N–H and O–H groups in total. The fourth-order valence-electron chi connectivity index (χ4n) is 1.88. The number of nitrogens with zero attached hydrogens (tertiary/aromatic N) is 1. The molecule has 0 aliphatic heterocycles. The number of hydrogen-bond acceptors (Lipinski definition) is 2. The number of halogens is 2. The molecule has 17 heavy (non-hydrogen) atoms. The van der Waals surface area contributed by atoms with Gasteiger partial charge in [-0.3, -0.25) is 0 Å². The molecule has 0 unspecified atom stereocenters. The molecular weight excluding hydrogens is 302 g/mol. The van der Waals surface area contributed by atoms with E-state index in [1.54, 1.807) is 6.07 Å². The van der Waals surface area contributed by atoms with Crippen molar-refractivity contribution in [2.24, 2.45) is 5.92 Å². The molecule has 2 aromatic rings. The first-order chi connectivity index (χ1) is 8.02. The van der Waals surface area contributed by atoms with Crippen LogP contribution in [0.2, 0.25) is 5.02 Å². The van der Waals surface area contributed by atoms with Crippen LogP contribution in [-0.4, -0.2) is 0 Å². The van der Waals surface area contributed by atoms with Crippen molar-refractivity contribution in [2.75, 3.05) is 0 Å². The van der Waals surface area contributed by atoms with E-state index in [0.29, 0.717) is 22.3 Å². The molecule has 4 heteroatoms. The summed E-state index contributed by atoms with van der Waals surface area (Å²) in [7, 11) is 0. The maximum absolute atomic E-state index is 9.09. The zero-order chi connectivity index (χ0) is 12.6. The zero-order valence-corrected chi connectivity index (χ0v) is 11.9. The van der Waals surface area contributed by atoms with Crippen LogP contribution in [0, 0.1) is 17.2 Å². The van der Waals surface area contributed by atoms with Gasteiger partial charge < -0.3 is 4.42 Å². The molecule has 0 saturated carbocycles. The van der Waals surface area contributed by atoms with Gasteiger partial charge in [0.05, 0.1) is 5.02 Å². The molecule has 0 aliphatic carbocycles. The van der Waals surface area contributed by atoms with Crippen molar-refractivity contribution in [1.82, 2.24) is 0 Å². The maximum atomic E-state index is 9.09. The zero-order valence-electron chi connectivity index (χ0n) is 9.55. The van der Waals surface area contributed by atoms with E-state index >= 15 is 0 Å². The van der Waals surface area contributed by atoms with Crippen molar-refractivity contribution in [1.29, 1.82) is 5.26 Å². The standard InChI is InChI=1S/C13H11BrClNO/c1-7(2)3-9-10-4-8(14)5-11(15)13(10)17-12(9)6-16/h4-5,7H,3H2,1-2H3. The lowest BCUT2D eigenvalue weighted by molar-refractivity contribution is 0.579. The minimum Gasteiger partial charge on any atom is -0.444 e. The molecule has 0 radical (unpaired) electrons. The second-order valence-electron chi connectivity index (χ2n) is 4.38. The molecule has 1 aromatic carbocycles. The largest absolute Gasteiger partial charge is 0.444 e. The monoisotopic (exact) mass is 311 g/mol. The molecular formula is C13H11BrClNO. The molecule has 1 aromatic heterocycles. The van der Waals surface area contributed by atoms with Gasteiger partial charge in [0.15, 0.2) is 5.58 Å². The quantitative estimate of drug-likeness (QED) is 0.789. The summed E-state index contributed by atoms with van der Waals surface area (Å²) < 4.78 is 6.41. The fourth-order valence-corrected chi connectivity index (χ4v) is 2.72.